The van der Waals surface area contributed by atoms with Crippen LogP contribution in [0, 0.1) is 0 Å². The van der Waals surface area contributed by atoms with Gasteiger partial charge in [-0.1, -0.05) is 0 Å². The van der Waals surface area contributed by atoms with Gasteiger partial charge < -0.3 is 19.5 Å². The molecule has 2 rings (SSSR count). The number of hydrogen-bond acceptors (Lipinski definition) is 4. The first-order valence-electron chi connectivity index (χ1n) is 6.94. The maximum absolute atomic E-state index is 12.4. The number of carbonyl (C=O) groups excluding carboxylic acids is 1. The summed E-state index contributed by atoms with van der Waals surface area (Å²) in [6.45, 7) is 2.46. The van der Waals surface area contributed by atoms with Crippen LogP contribution in [-0.4, -0.2) is 26.7 Å². The van der Waals surface area contributed by atoms with Gasteiger partial charge in [0.1, 0.15) is 17.2 Å². The molecule has 2 aromatic carbocycles. The Hall–Kier alpha value is -2.69. The maximum atomic E-state index is 12.4. The van der Waals surface area contributed by atoms with Gasteiger partial charge in [-0.15, -0.1) is 0 Å². The number of carbonyl (C=O) groups is 1. The summed E-state index contributed by atoms with van der Waals surface area (Å²) in [7, 11) is 3.12. The normalized spacial score (nSPS) is 9.95. The predicted molar refractivity (Wildman–Crippen MR) is 85.1 cm³/mol. The number of anilines is 1. The minimum absolute atomic E-state index is 0.245. The highest BCUT2D eigenvalue weighted by Crippen LogP contribution is 2.26. The van der Waals surface area contributed by atoms with E-state index < -0.39 is 0 Å². The van der Waals surface area contributed by atoms with Crippen LogP contribution in [0.15, 0.2) is 42.5 Å². The van der Waals surface area contributed by atoms with Crippen molar-refractivity contribution in [1.82, 2.24) is 0 Å². The number of benzene rings is 2. The molecular weight excluding hydrogens is 282 g/mol. The van der Waals surface area contributed by atoms with E-state index in [1.165, 1.54) is 7.11 Å². The van der Waals surface area contributed by atoms with Crippen molar-refractivity contribution in [2.45, 2.75) is 6.92 Å². The Kier molecular flexibility index (Phi) is 5.25. The fraction of sp³-hybridized carbons (Fsp3) is 0.235. The highest BCUT2D eigenvalue weighted by atomic mass is 16.5. The van der Waals surface area contributed by atoms with Crippen molar-refractivity contribution in [3.63, 3.8) is 0 Å². The molecule has 0 radical (unpaired) electrons. The van der Waals surface area contributed by atoms with Crippen LogP contribution in [0.2, 0.25) is 0 Å². The molecule has 0 saturated heterocycles. The van der Waals surface area contributed by atoms with Crippen molar-refractivity contribution >= 4 is 11.6 Å². The molecule has 0 fully saturated rings. The van der Waals surface area contributed by atoms with E-state index in [1.54, 1.807) is 49.6 Å². The summed E-state index contributed by atoms with van der Waals surface area (Å²) < 4.78 is 15.8. The molecule has 5 nitrogen and oxygen atoms in total. The topological polar surface area (TPSA) is 56.8 Å². The van der Waals surface area contributed by atoms with Gasteiger partial charge in [-0.25, -0.2) is 0 Å². The Morgan fingerprint density at radius 3 is 2.27 bits per heavy atom. The molecule has 0 bridgehead atoms. The van der Waals surface area contributed by atoms with Crippen LogP contribution in [0.3, 0.4) is 0 Å². The Labute approximate surface area is 129 Å². The summed E-state index contributed by atoms with van der Waals surface area (Å²) >= 11 is 0. The first-order valence-corrected chi connectivity index (χ1v) is 6.94. The zero-order chi connectivity index (χ0) is 15.9. The fourth-order valence-corrected chi connectivity index (χ4v) is 1.99. The zero-order valence-corrected chi connectivity index (χ0v) is 12.9. The van der Waals surface area contributed by atoms with E-state index in [-0.39, 0.29) is 5.91 Å². The number of nitrogens with one attached hydrogen (secondary N) is 1. The third kappa shape index (κ3) is 3.69. The lowest BCUT2D eigenvalue weighted by atomic mass is 10.1. The molecule has 0 saturated carbocycles. The van der Waals surface area contributed by atoms with Gasteiger partial charge in [-0.05, 0) is 43.3 Å². The van der Waals surface area contributed by atoms with E-state index in [9.17, 15) is 4.79 Å². The second kappa shape index (κ2) is 7.36. The van der Waals surface area contributed by atoms with Gasteiger partial charge in [0.25, 0.3) is 5.91 Å². The van der Waals surface area contributed by atoms with Crippen molar-refractivity contribution in [1.29, 1.82) is 0 Å². The summed E-state index contributed by atoms with van der Waals surface area (Å²) in [6.07, 6.45) is 0. The van der Waals surface area contributed by atoms with E-state index in [0.717, 1.165) is 5.75 Å². The van der Waals surface area contributed by atoms with Crippen molar-refractivity contribution < 1.29 is 19.0 Å². The average molecular weight is 301 g/mol. The van der Waals surface area contributed by atoms with Gasteiger partial charge in [0.15, 0.2) is 0 Å². The molecule has 1 N–H and O–H groups in total. The van der Waals surface area contributed by atoms with Crippen molar-refractivity contribution in [3.8, 4) is 17.2 Å². The SMILES string of the molecule is CCOc1ccc(C(=O)Nc2ccc(OC)cc2)c(OC)c1. The lowest BCUT2D eigenvalue weighted by Crippen LogP contribution is -2.13. The predicted octanol–water partition coefficient (Wildman–Crippen LogP) is 3.35. The van der Waals surface area contributed by atoms with Crippen LogP contribution >= 0.6 is 0 Å². The van der Waals surface area contributed by atoms with Gasteiger partial charge in [-0.3, -0.25) is 4.79 Å². The molecule has 0 aromatic heterocycles. The van der Waals surface area contributed by atoms with E-state index in [0.29, 0.717) is 29.4 Å². The molecule has 2 aromatic rings. The molecule has 0 aliphatic heterocycles. The third-order valence-corrected chi connectivity index (χ3v) is 3.08. The van der Waals surface area contributed by atoms with Crippen LogP contribution in [0.4, 0.5) is 5.69 Å². The number of hydrogen-bond donors (Lipinski definition) is 1. The van der Waals surface area contributed by atoms with Gasteiger partial charge in [0.2, 0.25) is 0 Å². The molecule has 116 valence electrons. The molecule has 0 atom stereocenters. The summed E-state index contributed by atoms with van der Waals surface area (Å²) in [6, 6.07) is 12.2. The molecule has 5 heteroatoms. The van der Waals surface area contributed by atoms with Crippen LogP contribution in [0.1, 0.15) is 17.3 Å². The highest BCUT2D eigenvalue weighted by Gasteiger charge is 2.13. The molecule has 0 unspecified atom stereocenters. The second-order valence-electron chi connectivity index (χ2n) is 4.48. The summed E-state index contributed by atoms with van der Waals surface area (Å²) in [5.41, 5.74) is 1.13. The summed E-state index contributed by atoms with van der Waals surface area (Å²) in [4.78, 5) is 12.4. The quantitative estimate of drug-likeness (QED) is 0.889. The van der Waals surface area contributed by atoms with Crippen molar-refractivity contribution in [3.05, 3.63) is 48.0 Å². The minimum Gasteiger partial charge on any atom is -0.497 e. The first kappa shape index (κ1) is 15.7. The minimum atomic E-state index is -0.245. The van der Waals surface area contributed by atoms with Gasteiger partial charge in [0.05, 0.1) is 26.4 Å². The second-order valence-corrected chi connectivity index (χ2v) is 4.48. The largest absolute Gasteiger partial charge is 0.497 e. The van der Waals surface area contributed by atoms with E-state index >= 15 is 0 Å². The lowest BCUT2D eigenvalue weighted by Gasteiger charge is -2.11. The van der Waals surface area contributed by atoms with E-state index in [4.69, 9.17) is 14.2 Å². The van der Waals surface area contributed by atoms with Crippen LogP contribution in [0.5, 0.6) is 17.2 Å². The molecule has 0 aliphatic rings. The Bertz CT molecular complexity index is 638. The smallest absolute Gasteiger partial charge is 0.259 e. The van der Waals surface area contributed by atoms with Gasteiger partial charge >= 0.3 is 0 Å². The van der Waals surface area contributed by atoms with Crippen molar-refractivity contribution in [2.75, 3.05) is 26.1 Å². The van der Waals surface area contributed by atoms with Gasteiger partial charge in [0, 0.05) is 11.8 Å². The molecule has 0 heterocycles. The summed E-state index contributed by atoms with van der Waals surface area (Å²) in [5.74, 6) is 1.62. The van der Waals surface area contributed by atoms with Crippen LogP contribution in [-0.2, 0) is 0 Å². The molecule has 0 spiro atoms. The van der Waals surface area contributed by atoms with Gasteiger partial charge in [-0.2, -0.15) is 0 Å². The Morgan fingerprint density at radius 2 is 1.68 bits per heavy atom. The Morgan fingerprint density at radius 1 is 1.00 bits per heavy atom. The van der Waals surface area contributed by atoms with Crippen molar-refractivity contribution in [2.24, 2.45) is 0 Å². The summed E-state index contributed by atoms with van der Waals surface area (Å²) in [5, 5.41) is 2.82. The van der Waals surface area contributed by atoms with Crippen LogP contribution in [0.25, 0.3) is 0 Å². The van der Waals surface area contributed by atoms with E-state index in [1.807, 2.05) is 6.92 Å². The first-order chi connectivity index (χ1) is 10.7. The monoisotopic (exact) mass is 301 g/mol. The number of methoxy groups -OCH3 is 2. The molecule has 22 heavy (non-hydrogen) atoms. The lowest BCUT2D eigenvalue weighted by molar-refractivity contribution is 0.102. The third-order valence-electron chi connectivity index (χ3n) is 3.08. The Balaban J connectivity index is 2.17. The standard InChI is InChI=1S/C17H19NO4/c1-4-22-14-9-10-15(16(11-14)21-3)17(19)18-12-5-7-13(20-2)8-6-12/h5-11H,4H2,1-3H3,(H,18,19). The number of rotatable bonds is 6. The molecule has 1 amide bonds. The number of amides is 1. The number of ether oxygens (including phenoxy) is 3. The van der Waals surface area contributed by atoms with Crippen LogP contribution < -0.4 is 19.5 Å². The molecular formula is C17H19NO4. The fourth-order valence-electron chi connectivity index (χ4n) is 1.99. The molecule has 0 aliphatic carbocycles. The van der Waals surface area contributed by atoms with E-state index in [2.05, 4.69) is 5.32 Å². The maximum Gasteiger partial charge on any atom is 0.259 e. The zero-order valence-electron chi connectivity index (χ0n) is 12.9. The highest BCUT2D eigenvalue weighted by molar-refractivity contribution is 6.06. The average Bonchev–Trinajstić information content (AvgIpc) is 2.55.